The second-order valence-electron chi connectivity index (χ2n) is 6.02. The fourth-order valence-corrected chi connectivity index (χ4v) is 2.52. The molecule has 0 spiro atoms. The lowest BCUT2D eigenvalue weighted by Gasteiger charge is -2.23. The van der Waals surface area contributed by atoms with Gasteiger partial charge >= 0.3 is 0 Å². The Morgan fingerprint density at radius 1 is 1.20 bits per heavy atom. The molecular weight excluding hydrogens is 276 g/mol. The number of nitrogens with one attached hydrogen (secondary N) is 1. The molecule has 5 heteroatoms. The molecule has 0 aliphatic heterocycles. The molecule has 0 radical (unpaired) electrons. The van der Waals surface area contributed by atoms with Gasteiger partial charge in [0.1, 0.15) is 5.69 Å². The van der Waals surface area contributed by atoms with Gasteiger partial charge in [0.05, 0.1) is 4.92 Å². The van der Waals surface area contributed by atoms with E-state index in [1.54, 1.807) is 12.1 Å². The van der Waals surface area contributed by atoms with Crippen LogP contribution in [-0.4, -0.2) is 11.0 Å². The van der Waals surface area contributed by atoms with Crippen molar-refractivity contribution in [1.29, 1.82) is 0 Å². The molecule has 0 saturated heterocycles. The average molecular weight is 299 g/mol. The number of rotatable bonds is 7. The fraction of sp³-hybridized carbons (Fsp3) is 0.600. The van der Waals surface area contributed by atoms with E-state index in [9.17, 15) is 10.1 Å². The molecule has 0 aromatic heterocycles. The molecule has 0 fully saturated rings. The summed E-state index contributed by atoms with van der Waals surface area (Å²) in [5, 5.41) is 14.8. The van der Waals surface area contributed by atoms with Gasteiger partial charge in [-0.2, -0.15) is 0 Å². The van der Waals surface area contributed by atoms with Gasteiger partial charge in [-0.1, -0.05) is 39.3 Å². The van der Waals surface area contributed by atoms with Gasteiger partial charge in [0.2, 0.25) is 0 Å². The van der Waals surface area contributed by atoms with E-state index in [1.165, 1.54) is 6.07 Å². The summed E-state index contributed by atoms with van der Waals surface area (Å²) in [4.78, 5) is 10.7. The lowest BCUT2D eigenvalue weighted by molar-refractivity contribution is -0.384. The van der Waals surface area contributed by atoms with Gasteiger partial charge in [-0.3, -0.25) is 10.1 Å². The van der Waals surface area contributed by atoms with E-state index in [2.05, 4.69) is 33.0 Å². The molecule has 0 unspecified atom stereocenters. The highest BCUT2D eigenvalue weighted by Gasteiger charge is 2.19. The molecule has 0 atom stereocenters. The SMILES string of the molecule is CC(C)CC(CC(C)C)Nc1ccc(Cl)cc1[N+](=O)[O-]. The third-order valence-corrected chi connectivity index (χ3v) is 3.26. The summed E-state index contributed by atoms with van der Waals surface area (Å²) in [6.45, 7) is 8.63. The van der Waals surface area contributed by atoms with Crippen LogP contribution in [0.2, 0.25) is 5.02 Å². The van der Waals surface area contributed by atoms with E-state index in [0.29, 0.717) is 22.5 Å². The highest BCUT2D eigenvalue weighted by atomic mass is 35.5. The zero-order valence-corrected chi connectivity index (χ0v) is 13.3. The van der Waals surface area contributed by atoms with Crippen LogP contribution >= 0.6 is 11.6 Å². The highest BCUT2D eigenvalue weighted by Crippen LogP contribution is 2.30. The standard InChI is InChI=1S/C15H23ClN2O2/c1-10(2)7-13(8-11(3)4)17-14-6-5-12(16)9-15(14)18(19)20/h5-6,9-11,13,17H,7-8H2,1-4H3. The van der Waals surface area contributed by atoms with Crippen LogP contribution in [0, 0.1) is 22.0 Å². The molecule has 112 valence electrons. The van der Waals surface area contributed by atoms with Crippen molar-refractivity contribution < 1.29 is 4.92 Å². The molecular formula is C15H23ClN2O2. The van der Waals surface area contributed by atoms with E-state index in [0.717, 1.165) is 12.8 Å². The van der Waals surface area contributed by atoms with Crippen molar-refractivity contribution in [2.24, 2.45) is 11.8 Å². The number of nitro benzene ring substituents is 1. The van der Waals surface area contributed by atoms with Crippen LogP contribution in [0.4, 0.5) is 11.4 Å². The minimum absolute atomic E-state index is 0.0370. The van der Waals surface area contributed by atoms with Crippen LogP contribution in [-0.2, 0) is 0 Å². The van der Waals surface area contributed by atoms with Crippen molar-refractivity contribution >= 4 is 23.0 Å². The first kappa shape index (κ1) is 16.8. The molecule has 1 N–H and O–H groups in total. The lowest BCUT2D eigenvalue weighted by Crippen LogP contribution is -2.24. The first-order valence-corrected chi connectivity index (χ1v) is 7.37. The Kier molecular flexibility index (Phi) is 6.27. The Bertz CT molecular complexity index is 451. The van der Waals surface area contributed by atoms with Crippen LogP contribution in [0.25, 0.3) is 0 Å². The normalized spacial score (nSPS) is 11.4. The minimum Gasteiger partial charge on any atom is -0.377 e. The Morgan fingerprint density at radius 3 is 2.20 bits per heavy atom. The summed E-state index contributed by atoms with van der Waals surface area (Å²) in [5.74, 6) is 1.08. The van der Waals surface area contributed by atoms with E-state index < -0.39 is 4.92 Å². The zero-order chi connectivity index (χ0) is 15.3. The van der Waals surface area contributed by atoms with Crippen molar-refractivity contribution in [2.75, 3.05) is 5.32 Å². The molecule has 0 bridgehead atoms. The zero-order valence-electron chi connectivity index (χ0n) is 12.5. The number of halogens is 1. The van der Waals surface area contributed by atoms with E-state index in [-0.39, 0.29) is 11.7 Å². The maximum absolute atomic E-state index is 11.1. The van der Waals surface area contributed by atoms with Gasteiger partial charge in [-0.25, -0.2) is 0 Å². The Balaban J connectivity index is 2.94. The fourth-order valence-electron chi connectivity index (χ4n) is 2.35. The highest BCUT2D eigenvalue weighted by molar-refractivity contribution is 6.30. The van der Waals surface area contributed by atoms with Gasteiger partial charge in [-0.05, 0) is 36.8 Å². The molecule has 1 aromatic carbocycles. The number of anilines is 1. The molecule has 0 aliphatic carbocycles. The molecule has 0 saturated carbocycles. The van der Waals surface area contributed by atoms with Gasteiger partial charge < -0.3 is 5.32 Å². The van der Waals surface area contributed by atoms with Gasteiger partial charge in [0, 0.05) is 17.1 Å². The summed E-state index contributed by atoms with van der Waals surface area (Å²) in [6, 6.07) is 4.99. The molecule has 4 nitrogen and oxygen atoms in total. The van der Waals surface area contributed by atoms with Crippen LogP contribution in [0.1, 0.15) is 40.5 Å². The van der Waals surface area contributed by atoms with Crippen LogP contribution in [0.3, 0.4) is 0 Å². The lowest BCUT2D eigenvalue weighted by atomic mass is 9.95. The van der Waals surface area contributed by atoms with Crippen LogP contribution in [0.5, 0.6) is 0 Å². The largest absolute Gasteiger partial charge is 0.377 e. The van der Waals surface area contributed by atoms with Crippen LogP contribution in [0.15, 0.2) is 18.2 Å². The van der Waals surface area contributed by atoms with Gasteiger partial charge in [0.15, 0.2) is 0 Å². The average Bonchev–Trinajstić information content (AvgIpc) is 2.29. The number of benzene rings is 1. The quantitative estimate of drug-likeness (QED) is 0.561. The smallest absolute Gasteiger partial charge is 0.293 e. The summed E-state index contributed by atoms with van der Waals surface area (Å²) in [5.41, 5.74) is 0.584. The molecule has 1 rings (SSSR count). The van der Waals surface area contributed by atoms with Crippen LogP contribution < -0.4 is 5.32 Å². The summed E-state index contributed by atoms with van der Waals surface area (Å²) in [7, 11) is 0. The summed E-state index contributed by atoms with van der Waals surface area (Å²) in [6.07, 6.45) is 1.97. The van der Waals surface area contributed by atoms with Gasteiger partial charge in [-0.15, -0.1) is 0 Å². The monoisotopic (exact) mass is 298 g/mol. The number of hydrogen-bond donors (Lipinski definition) is 1. The van der Waals surface area contributed by atoms with Crippen molar-refractivity contribution in [1.82, 2.24) is 0 Å². The molecule has 0 amide bonds. The second kappa shape index (κ2) is 7.48. The Morgan fingerprint density at radius 2 is 1.75 bits per heavy atom. The Labute approximate surface area is 125 Å². The number of hydrogen-bond acceptors (Lipinski definition) is 3. The third kappa shape index (κ3) is 5.37. The maximum atomic E-state index is 11.1. The first-order valence-electron chi connectivity index (χ1n) is 7.00. The summed E-state index contributed by atoms with van der Waals surface area (Å²) >= 11 is 5.83. The first-order chi connectivity index (χ1) is 9.29. The van der Waals surface area contributed by atoms with E-state index in [1.807, 2.05) is 0 Å². The van der Waals surface area contributed by atoms with Crippen molar-refractivity contribution in [3.63, 3.8) is 0 Å². The minimum atomic E-state index is -0.393. The number of nitrogens with zero attached hydrogens (tertiary/aromatic N) is 1. The van der Waals surface area contributed by atoms with Crippen molar-refractivity contribution in [2.45, 2.75) is 46.6 Å². The van der Waals surface area contributed by atoms with Crippen molar-refractivity contribution in [3.05, 3.63) is 33.3 Å². The second-order valence-corrected chi connectivity index (χ2v) is 6.46. The van der Waals surface area contributed by atoms with Crippen molar-refractivity contribution in [3.8, 4) is 0 Å². The predicted octanol–water partition coefficient (Wildman–Crippen LogP) is 5.12. The molecule has 0 aliphatic rings. The van der Waals surface area contributed by atoms with Gasteiger partial charge in [0.25, 0.3) is 5.69 Å². The molecule has 20 heavy (non-hydrogen) atoms. The summed E-state index contributed by atoms with van der Waals surface area (Å²) < 4.78 is 0. The topological polar surface area (TPSA) is 55.2 Å². The van der Waals surface area contributed by atoms with E-state index >= 15 is 0 Å². The molecule has 1 aromatic rings. The van der Waals surface area contributed by atoms with E-state index in [4.69, 9.17) is 11.6 Å². The maximum Gasteiger partial charge on any atom is 0.293 e. The number of nitro groups is 1. The predicted molar refractivity (Wildman–Crippen MR) is 84.4 cm³/mol. The third-order valence-electron chi connectivity index (χ3n) is 3.03. The molecule has 0 heterocycles. The Hall–Kier alpha value is -1.29.